The van der Waals surface area contributed by atoms with Crippen LogP contribution in [0.15, 0.2) is 41.8 Å². The maximum absolute atomic E-state index is 14.2. The fourth-order valence-electron chi connectivity index (χ4n) is 2.31. The molecule has 0 saturated carbocycles. The second kappa shape index (κ2) is 9.66. The zero-order valence-corrected chi connectivity index (χ0v) is 17.3. The summed E-state index contributed by atoms with van der Waals surface area (Å²) in [4.78, 5) is 30.4. The summed E-state index contributed by atoms with van der Waals surface area (Å²) in [6.45, 7) is 3.47. The standard InChI is InChI=1S/C18H20FIN4O4/c1-3-24(28-8-4-7-25)18(27)16-14(10-15(26)23(2)17(16)21)22-13-6-5-11(20)9-12(13)19/h3,5-6,9-10,22,25H,1,4,7-8,21H2,2H3. The van der Waals surface area contributed by atoms with Gasteiger partial charge < -0.3 is 16.2 Å². The second-order valence-corrected chi connectivity index (χ2v) is 6.93. The largest absolute Gasteiger partial charge is 0.396 e. The van der Waals surface area contributed by atoms with E-state index in [9.17, 15) is 14.0 Å². The molecule has 1 aromatic carbocycles. The van der Waals surface area contributed by atoms with E-state index in [1.165, 1.54) is 19.2 Å². The van der Waals surface area contributed by atoms with Gasteiger partial charge in [0.15, 0.2) is 0 Å². The Balaban J connectivity index is 2.49. The predicted octanol–water partition coefficient (Wildman–Crippen LogP) is 2.35. The minimum absolute atomic E-state index is 0.0308. The van der Waals surface area contributed by atoms with Gasteiger partial charge >= 0.3 is 0 Å². The summed E-state index contributed by atoms with van der Waals surface area (Å²) in [5.41, 5.74) is 5.55. The zero-order chi connectivity index (χ0) is 20.8. The molecule has 0 spiro atoms. The number of amides is 1. The molecule has 2 rings (SSSR count). The number of aromatic nitrogens is 1. The lowest BCUT2D eigenvalue weighted by Crippen LogP contribution is -2.31. The smallest absolute Gasteiger partial charge is 0.287 e. The first-order chi connectivity index (χ1) is 13.3. The van der Waals surface area contributed by atoms with Gasteiger partial charge in [-0.1, -0.05) is 6.58 Å². The number of hydroxylamine groups is 2. The molecular weight excluding hydrogens is 482 g/mol. The van der Waals surface area contributed by atoms with Gasteiger partial charge in [-0.3, -0.25) is 19.0 Å². The van der Waals surface area contributed by atoms with Crippen LogP contribution in [-0.2, 0) is 11.9 Å². The highest BCUT2D eigenvalue weighted by Crippen LogP contribution is 2.27. The van der Waals surface area contributed by atoms with E-state index in [0.29, 0.717) is 9.99 Å². The number of hydrogen-bond acceptors (Lipinski definition) is 6. The van der Waals surface area contributed by atoms with Gasteiger partial charge in [0.25, 0.3) is 11.5 Å². The predicted molar refractivity (Wildman–Crippen MR) is 113 cm³/mol. The second-order valence-electron chi connectivity index (χ2n) is 5.69. The molecule has 0 aliphatic heterocycles. The number of anilines is 3. The number of nitrogens with one attached hydrogen (secondary N) is 1. The van der Waals surface area contributed by atoms with Crippen LogP contribution in [0.1, 0.15) is 16.8 Å². The number of rotatable bonds is 8. The summed E-state index contributed by atoms with van der Waals surface area (Å²) in [6.07, 6.45) is 1.44. The van der Waals surface area contributed by atoms with Crippen molar-refractivity contribution < 1.29 is 19.1 Å². The molecule has 150 valence electrons. The van der Waals surface area contributed by atoms with Crippen LogP contribution in [0.2, 0.25) is 0 Å². The summed E-state index contributed by atoms with van der Waals surface area (Å²) in [7, 11) is 1.41. The monoisotopic (exact) mass is 502 g/mol. The van der Waals surface area contributed by atoms with Crippen LogP contribution in [0.5, 0.6) is 0 Å². The van der Waals surface area contributed by atoms with Crippen LogP contribution in [0, 0.1) is 9.39 Å². The number of nitrogens with zero attached hydrogens (tertiary/aromatic N) is 2. The molecule has 1 heterocycles. The van der Waals surface area contributed by atoms with Gasteiger partial charge in [0, 0.05) is 29.5 Å². The molecule has 2 aromatic rings. The minimum Gasteiger partial charge on any atom is -0.396 e. The molecule has 0 bridgehead atoms. The molecule has 0 saturated heterocycles. The van der Waals surface area contributed by atoms with Gasteiger partial charge in [-0.25, -0.2) is 4.39 Å². The Morgan fingerprint density at radius 3 is 2.79 bits per heavy atom. The lowest BCUT2D eigenvalue weighted by molar-refractivity contribution is -0.0916. The first kappa shape index (κ1) is 21.9. The number of benzene rings is 1. The van der Waals surface area contributed by atoms with Gasteiger partial charge in [0.1, 0.15) is 17.2 Å². The topological polar surface area (TPSA) is 110 Å². The number of hydrogen-bond donors (Lipinski definition) is 3. The quantitative estimate of drug-likeness (QED) is 0.291. The number of nitrogen functional groups attached to an aromatic ring is 1. The highest BCUT2D eigenvalue weighted by atomic mass is 127. The molecule has 4 N–H and O–H groups in total. The highest BCUT2D eigenvalue weighted by molar-refractivity contribution is 14.1. The normalized spacial score (nSPS) is 10.6. The Labute approximate surface area is 174 Å². The molecule has 28 heavy (non-hydrogen) atoms. The third kappa shape index (κ3) is 4.88. The number of aliphatic hydroxyl groups excluding tert-OH is 1. The summed E-state index contributed by atoms with van der Waals surface area (Å²) < 4.78 is 16.0. The maximum Gasteiger partial charge on any atom is 0.287 e. The summed E-state index contributed by atoms with van der Waals surface area (Å²) in [6, 6.07) is 5.62. The Morgan fingerprint density at radius 2 is 2.18 bits per heavy atom. The van der Waals surface area contributed by atoms with E-state index in [0.717, 1.165) is 21.9 Å². The van der Waals surface area contributed by atoms with Crippen LogP contribution < -0.4 is 16.6 Å². The maximum atomic E-state index is 14.2. The molecule has 0 radical (unpaired) electrons. The molecule has 0 unspecified atom stereocenters. The number of carbonyl (C=O) groups excluding carboxylic acids is 1. The van der Waals surface area contributed by atoms with E-state index in [1.807, 2.05) is 22.6 Å². The van der Waals surface area contributed by atoms with Crippen molar-refractivity contribution in [3.63, 3.8) is 0 Å². The SMILES string of the molecule is C=CN(OCCCO)C(=O)c1c(Nc2ccc(I)cc2F)cc(=O)n(C)c1N. The van der Waals surface area contributed by atoms with Crippen molar-refractivity contribution >= 4 is 45.7 Å². The average Bonchev–Trinajstić information content (AvgIpc) is 2.65. The number of carbonyl (C=O) groups is 1. The van der Waals surface area contributed by atoms with Crippen molar-refractivity contribution in [3.05, 3.63) is 62.3 Å². The van der Waals surface area contributed by atoms with E-state index >= 15 is 0 Å². The Bertz CT molecular complexity index is 948. The van der Waals surface area contributed by atoms with Crippen molar-refractivity contribution in [3.8, 4) is 0 Å². The third-order valence-corrected chi connectivity index (χ3v) is 4.47. The van der Waals surface area contributed by atoms with Crippen molar-refractivity contribution in [2.45, 2.75) is 6.42 Å². The molecule has 0 aliphatic rings. The van der Waals surface area contributed by atoms with E-state index in [-0.39, 0.29) is 36.0 Å². The van der Waals surface area contributed by atoms with E-state index in [1.54, 1.807) is 6.07 Å². The van der Waals surface area contributed by atoms with E-state index in [4.69, 9.17) is 15.7 Å². The molecule has 0 fully saturated rings. The summed E-state index contributed by atoms with van der Waals surface area (Å²) in [5, 5.41) is 12.5. The van der Waals surface area contributed by atoms with Crippen LogP contribution in [0.3, 0.4) is 0 Å². The van der Waals surface area contributed by atoms with Crippen molar-refractivity contribution in [2.75, 3.05) is 24.3 Å². The highest BCUT2D eigenvalue weighted by Gasteiger charge is 2.24. The lowest BCUT2D eigenvalue weighted by atomic mass is 10.1. The van der Waals surface area contributed by atoms with Gasteiger partial charge in [0.2, 0.25) is 0 Å². The number of nitrogens with two attached hydrogens (primary N) is 1. The number of pyridine rings is 1. The number of aliphatic hydroxyl groups is 1. The summed E-state index contributed by atoms with van der Waals surface area (Å²) >= 11 is 1.97. The molecule has 1 aromatic heterocycles. The first-order valence-corrected chi connectivity index (χ1v) is 9.29. The average molecular weight is 502 g/mol. The van der Waals surface area contributed by atoms with Crippen LogP contribution in [0.4, 0.5) is 21.6 Å². The van der Waals surface area contributed by atoms with Crippen molar-refractivity contribution in [2.24, 2.45) is 7.05 Å². The van der Waals surface area contributed by atoms with Crippen LogP contribution in [-0.4, -0.2) is 33.9 Å². The molecule has 8 nitrogen and oxygen atoms in total. The van der Waals surface area contributed by atoms with Crippen molar-refractivity contribution in [1.29, 1.82) is 0 Å². The molecule has 0 aliphatic carbocycles. The third-order valence-electron chi connectivity index (χ3n) is 3.80. The van der Waals surface area contributed by atoms with E-state index < -0.39 is 17.3 Å². The van der Waals surface area contributed by atoms with Gasteiger partial charge in [-0.05, 0) is 47.2 Å². The molecule has 10 heteroatoms. The minimum atomic E-state index is -0.700. The first-order valence-electron chi connectivity index (χ1n) is 8.21. The fraction of sp³-hybridized carbons (Fsp3) is 0.222. The van der Waals surface area contributed by atoms with Gasteiger partial charge in [-0.15, -0.1) is 0 Å². The zero-order valence-electron chi connectivity index (χ0n) is 15.1. The fourth-order valence-corrected chi connectivity index (χ4v) is 2.76. The van der Waals surface area contributed by atoms with Crippen LogP contribution >= 0.6 is 22.6 Å². The van der Waals surface area contributed by atoms with Crippen LogP contribution in [0.25, 0.3) is 0 Å². The number of halogens is 2. The summed E-state index contributed by atoms with van der Waals surface area (Å²) in [5.74, 6) is -1.37. The van der Waals surface area contributed by atoms with Crippen molar-refractivity contribution in [1.82, 2.24) is 9.63 Å². The van der Waals surface area contributed by atoms with E-state index in [2.05, 4.69) is 11.9 Å². The molecular formula is C18H20FIN4O4. The van der Waals surface area contributed by atoms with Gasteiger partial charge in [-0.2, -0.15) is 5.06 Å². The Hall–Kier alpha value is -2.44. The van der Waals surface area contributed by atoms with Gasteiger partial charge in [0.05, 0.1) is 18.0 Å². The molecule has 0 atom stereocenters. The lowest BCUT2D eigenvalue weighted by Gasteiger charge is -2.21. The molecule has 1 amide bonds. The Kier molecular flexibility index (Phi) is 7.54. The Morgan fingerprint density at radius 1 is 1.46 bits per heavy atom.